The number of aromatic nitrogens is 4. The Balaban J connectivity index is 1.56. The molecule has 0 saturated heterocycles. The summed E-state index contributed by atoms with van der Waals surface area (Å²) >= 11 is 0. The summed E-state index contributed by atoms with van der Waals surface area (Å²) in [6, 6.07) is 26.1. The second kappa shape index (κ2) is 15.5. The molecule has 5 rings (SSSR count). The summed E-state index contributed by atoms with van der Waals surface area (Å²) in [5.74, 6) is -0.374. The molecule has 1 atom stereocenters. The fourth-order valence-electron chi connectivity index (χ4n) is 5.16. The van der Waals surface area contributed by atoms with Crippen molar-refractivity contribution in [1.29, 1.82) is 0 Å². The number of ether oxygens (including phenoxy) is 1. The third kappa shape index (κ3) is 8.91. The van der Waals surface area contributed by atoms with Crippen molar-refractivity contribution < 1.29 is 14.6 Å². The number of nitrogens with zero attached hydrogens (tertiary/aromatic N) is 6. The van der Waals surface area contributed by atoms with Gasteiger partial charge >= 0.3 is 5.97 Å². The molecule has 45 heavy (non-hydrogen) atoms. The molecule has 10 nitrogen and oxygen atoms in total. The molecule has 0 bridgehead atoms. The van der Waals surface area contributed by atoms with Crippen LogP contribution in [0.25, 0.3) is 0 Å². The molecule has 3 N–H and O–H groups in total. The van der Waals surface area contributed by atoms with Crippen molar-refractivity contribution in [3.63, 3.8) is 0 Å². The van der Waals surface area contributed by atoms with Gasteiger partial charge in [-0.05, 0) is 66.6 Å². The first-order chi connectivity index (χ1) is 22.0. The van der Waals surface area contributed by atoms with Crippen LogP contribution in [0.4, 0.5) is 5.69 Å². The van der Waals surface area contributed by atoms with Crippen molar-refractivity contribution in [2.75, 3.05) is 12.0 Å². The smallest absolute Gasteiger partial charge is 0.322 e. The molecular formula is C35H37N7O3. The highest BCUT2D eigenvalue weighted by Crippen LogP contribution is 2.36. The van der Waals surface area contributed by atoms with Gasteiger partial charge in [-0.1, -0.05) is 30.3 Å². The second-order valence-corrected chi connectivity index (χ2v) is 10.7. The van der Waals surface area contributed by atoms with Gasteiger partial charge in [0.2, 0.25) is 0 Å². The Hall–Kier alpha value is -5.19. The van der Waals surface area contributed by atoms with Crippen molar-refractivity contribution in [3.8, 4) is 5.75 Å². The number of hydrogen-bond acceptors (Lipinski definition) is 10. The zero-order valence-electron chi connectivity index (χ0n) is 25.2. The molecule has 0 aliphatic rings. The molecular weight excluding hydrogens is 566 g/mol. The molecule has 4 aromatic heterocycles. The van der Waals surface area contributed by atoms with Gasteiger partial charge in [-0.25, -0.2) is 0 Å². The fourth-order valence-corrected chi connectivity index (χ4v) is 5.16. The monoisotopic (exact) mass is 603 g/mol. The molecule has 0 unspecified atom stereocenters. The fraction of sp³-hybridized carbons (Fsp3) is 0.229. The molecule has 0 aliphatic heterocycles. The maximum atomic E-state index is 12.3. The van der Waals surface area contributed by atoms with Gasteiger partial charge in [-0.15, -0.1) is 0 Å². The van der Waals surface area contributed by atoms with E-state index in [0.29, 0.717) is 44.0 Å². The molecule has 0 radical (unpaired) electrons. The highest BCUT2D eigenvalue weighted by molar-refractivity contribution is 5.76. The van der Waals surface area contributed by atoms with E-state index in [1.54, 1.807) is 24.8 Å². The molecule has 4 heterocycles. The minimum Gasteiger partial charge on any atom is -0.505 e. The first-order valence-electron chi connectivity index (χ1n) is 14.7. The zero-order chi connectivity index (χ0) is 31.4. The van der Waals surface area contributed by atoms with Crippen LogP contribution in [-0.4, -0.2) is 49.1 Å². The number of pyridine rings is 4. The van der Waals surface area contributed by atoms with Gasteiger partial charge < -0.3 is 20.5 Å². The van der Waals surface area contributed by atoms with Crippen molar-refractivity contribution in [2.45, 2.75) is 45.2 Å². The normalized spacial score (nSPS) is 11.7. The average molecular weight is 604 g/mol. The van der Waals surface area contributed by atoms with Gasteiger partial charge in [0.15, 0.2) is 0 Å². The third-order valence-electron chi connectivity index (χ3n) is 7.30. The average Bonchev–Trinajstić information content (AvgIpc) is 3.07. The van der Waals surface area contributed by atoms with E-state index in [1.807, 2.05) is 89.8 Å². The number of nitrogens with two attached hydrogens (primary N) is 1. The van der Waals surface area contributed by atoms with Crippen molar-refractivity contribution >= 4 is 11.7 Å². The number of esters is 1. The Bertz CT molecular complexity index is 1560. The van der Waals surface area contributed by atoms with Crippen molar-refractivity contribution in [1.82, 2.24) is 24.8 Å². The lowest BCUT2D eigenvalue weighted by Gasteiger charge is -2.29. The maximum absolute atomic E-state index is 12.3. The van der Waals surface area contributed by atoms with Crippen LogP contribution < -0.4 is 10.6 Å². The minimum absolute atomic E-state index is 0.129. The summed E-state index contributed by atoms with van der Waals surface area (Å²) in [6.45, 7) is 2.28. The van der Waals surface area contributed by atoms with E-state index in [9.17, 15) is 9.90 Å². The van der Waals surface area contributed by atoms with Crippen LogP contribution in [0, 0.1) is 0 Å². The predicted octanol–water partition coefficient (Wildman–Crippen LogP) is 4.42. The van der Waals surface area contributed by atoms with E-state index in [-0.39, 0.29) is 12.2 Å². The molecule has 0 spiro atoms. The van der Waals surface area contributed by atoms with Crippen molar-refractivity contribution in [2.24, 2.45) is 5.73 Å². The number of aromatic hydroxyl groups is 1. The molecule has 10 heteroatoms. The Morgan fingerprint density at radius 2 is 1.20 bits per heavy atom. The van der Waals surface area contributed by atoms with Crippen LogP contribution in [-0.2, 0) is 48.7 Å². The van der Waals surface area contributed by atoms with Crippen LogP contribution in [0.3, 0.4) is 0 Å². The number of rotatable bonds is 14. The SMILES string of the molecule is COC(=O)[C@@H](N)Cc1cc(CN(Cc2ccccn2)Cc2ccccn2)c(O)c(N(Cc2ccccn2)Cc2ccccn2)c1. The van der Waals surface area contributed by atoms with Gasteiger partial charge in [0, 0.05) is 50.0 Å². The highest BCUT2D eigenvalue weighted by atomic mass is 16.5. The van der Waals surface area contributed by atoms with Gasteiger partial charge in [-0.2, -0.15) is 0 Å². The number of carbonyl (C=O) groups is 1. The van der Waals surface area contributed by atoms with Gasteiger partial charge in [0.05, 0.1) is 48.7 Å². The van der Waals surface area contributed by atoms with Crippen LogP contribution in [0.15, 0.2) is 110 Å². The van der Waals surface area contributed by atoms with Gasteiger partial charge in [0.25, 0.3) is 0 Å². The minimum atomic E-state index is -0.863. The standard InChI is InChI=1S/C35H37N7O3/c1-45-35(44)32(36)19-26-18-27(21-41(22-28-10-2-6-14-37-28)23-29-11-3-7-15-38-29)34(43)33(20-26)42(24-30-12-4-8-16-39-30)25-31-13-5-9-17-40-31/h2-18,20,32,43H,19,21-25,36H2,1H3/t32-/m0/s1. The molecule has 1 aromatic carbocycles. The first kappa shape index (κ1) is 31.2. The number of phenols is 1. The number of hydrogen-bond donors (Lipinski definition) is 2. The summed E-state index contributed by atoms with van der Waals surface area (Å²) < 4.78 is 4.91. The number of benzene rings is 1. The number of carbonyl (C=O) groups excluding carboxylic acids is 1. The van der Waals surface area contributed by atoms with Crippen LogP contribution >= 0.6 is 0 Å². The van der Waals surface area contributed by atoms with Gasteiger partial charge in [0.1, 0.15) is 11.8 Å². The molecule has 0 amide bonds. The van der Waals surface area contributed by atoms with E-state index in [4.69, 9.17) is 10.5 Å². The van der Waals surface area contributed by atoms with Crippen LogP contribution in [0.2, 0.25) is 0 Å². The Morgan fingerprint density at radius 1 is 0.733 bits per heavy atom. The largest absolute Gasteiger partial charge is 0.505 e. The van der Waals surface area contributed by atoms with E-state index < -0.39 is 12.0 Å². The lowest BCUT2D eigenvalue weighted by atomic mass is 10.00. The van der Waals surface area contributed by atoms with Crippen LogP contribution in [0.5, 0.6) is 5.75 Å². The zero-order valence-corrected chi connectivity index (χ0v) is 25.2. The summed E-state index contributed by atoms with van der Waals surface area (Å²) in [7, 11) is 1.32. The molecule has 0 aliphatic carbocycles. The summed E-state index contributed by atoms with van der Waals surface area (Å²) in [6.07, 6.45) is 7.27. The van der Waals surface area contributed by atoms with Crippen LogP contribution in [0.1, 0.15) is 33.9 Å². The number of anilines is 1. The first-order valence-corrected chi connectivity index (χ1v) is 14.7. The lowest BCUT2D eigenvalue weighted by Crippen LogP contribution is -2.34. The Kier molecular flexibility index (Phi) is 10.8. The predicted molar refractivity (Wildman–Crippen MR) is 172 cm³/mol. The quantitative estimate of drug-likeness (QED) is 0.176. The summed E-state index contributed by atoms with van der Waals surface area (Å²) in [5, 5.41) is 11.9. The molecule has 0 fully saturated rings. The Labute approximate surface area is 263 Å². The maximum Gasteiger partial charge on any atom is 0.322 e. The second-order valence-electron chi connectivity index (χ2n) is 10.7. The van der Waals surface area contributed by atoms with E-state index in [1.165, 1.54) is 7.11 Å². The topological polar surface area (TPSA) is 131 Å². The van der Waals surface area contributed by atoms with E-state index in [0.717, 1.165) is 28.3 Å². The molecule has 5 aromatic rings. The van der Waals surface area contributed by atoms with Gasteiger partial charge in [-0.3, -0.25) is 29.6 Å². The van der Waals surface area contributed by atoms with E-state index in [2.05, 4.69) is 24.8 Å². The third-order valence-corrected chi connectivity index (χ3v) is 7.30. The number of methoxy groups -OCH3 is 1. The summed E-state index contributed by atoms with van der Waals surface area (Å²) in [4.78, 5) is 34.7. The number of phenolic OH excluding ortho intramolecular Hbond substituents is 1. The molecule has 0 saturated carbocycles. The van der Waals surface area contributed by atoms with E-state index >= 15 is 0 Å². The Morgan fingerprint density at radius 3 is 1.62 bits per heavy atom. The lowest BCUT2D eigenvalue weighted by molar-refractivity contribution is -0.142. The molecule has 230 valence electrons. The highest BCUT2D eigenvalue weighted by Gasteiger charge is 2.22. The summed E-state index contributed by atoms with van der Waals surface area (Å²) in [5.41, 5.74) is 11.7. The van der Waals surface area contributed by atoms with Crippen molar-refractivity contribution in [3.05, 3.63) is 144 Å².